The Bertz CT molecular complexity index is 1610. The maximum absolute atomic E-state index is 14.2. The molecule has 0 spiro atoms. The summed E-state index contributed by atoms with van der Waals surface area (Å²) in [4.78, 5) is 55.7. The minimum atomic E-state index is -2.44. The third kappa shape index (κ3) is 7.84. The molecule has 5 amide bonds. The van der Waals surface area contributed by atoms with Crippen LogP contribution in [0.4, 0.5) is 23.7 Å². The van der Waals surface area contributed by atoms with Crippen molar-refractivity contribution >= 4 is 51.9 Å². The number of rotatable bonds is 11. The third-order valence-corrected chi connectivity index (χ3v) is 8.00. The average Bonchev–Trinajstić information content (AvgIpc) is 3.78. The number of nitrogens with one attached hydrogen (secondary N) is 2. The van der Waals surface area contributed by atoms with E-state index in [0.717, 1.165) is 12.8 Å². The molecule has 1 aromatic heterocycles. The van der Waals surface area contributed by atoms with Gasteiger partial charge in [-0.15, -0.1) is 0 Å². The van der Waals surface area contributed by atoms with Crippen molar-refractivity contribution in [3.05, 3.63) is 58.5 Å². The summed E-state index contributed by atoms with van der Waals surface area (Å²) in [7, 11) is 0. The molecular formula is C29H32ClF3N8O4. The lowest BCUT2D eigenvalue weighted by atomic mass is 10.2. The van der Waals surface area contributed by atoms with Gasteiger partial charge in [0.05, 0.1) is 23.6 Å². The predicted molar refractivity (Wildman–Crippen MR) is 159 cm³/mol. The number of urea groups is 1. The Morgan fingerprint density at radius 1 is 1.09 bits per heavy atom. The summed E-state index contributed by atoms with van der Waals surface area (Å²) < 4.78 is 40.8. The van der Waals surface area contributed by atoms with Crippen molar-refractivity contribution in [1.82, 2.24) is 29.8 Å². The van der Waals surface area contributed by atoms with E-state index in [1.165, 1.54) is 32.7 Å². The zero-order valence-corrected chi connectivity index (χ0v) is 24.9. The highest BCUT2D eigenvalue weighted by molar-refractivity contribution is 6.30. The van der Waals surface area contributed by atoms with Crippen molar-refractivity contribution in [3.63, 3.8) is 0 Å². The molecule has 12 nitrogen and oxygen atoms in total. The topological polar surface area (TPSA) is 146 Å². The van der Waals surface area contributed by atoms with Gasteiger partial charge >= 0.3 is 6.03 Å². The van der Waals surface area contributed by atoms with Gasteiger partial charge in [0.15, 0.2) is 5.69 Å². The molecular weight excluding hydrogens is 617 g/mol. The Morgan fingerprint density at radius 2 is 1.82 bits per heavy atom. The van der Waals surface area contributed by atoms with Crippen LogP contribution >= 0.6 is 11.6 Å². The highest BCUT2D eigenvalue weighted by Gasteiger charge is 2.34. The van der Waals surface area contributed by atoms with Gasteiger partial charge in [-0.25, -0.2) is 18.0 Å². The van der Waals surface area contributed by atoms with E-state index in [9.17, 15) is 32.3 Å². The molecule has 1 saturated heterocycles. The van der Waals surface area contributed by atoms with E-state index in [1.54, 1.807) is 23.1 Å². The Kier molecular flexibility index (Phi) is 9.77. The summed E-state index contributed by atoms with van der Waals surface area (Å²) in [5.41, 5.74) is 6.44. The van der Waals surface area contributed by atoms with E-state index in [-0.39, 0.29) is 61.6 Å². The van der Waals surface area contributed by atoms with Crippen LogP contribution in [0.3, 0.4) is 0 Å². The molecule has 0 unspecified atom stereocenters. The van der Waals surface area contributed by atoms with Crippen LogP contribution in [-0.2, 0) is 22.7 Å². The van der Waals surface area contributed by atoms with Crippen LogP contribution in [0, 0.1) is 5.82 Å². The van der Waals surface area contributed by atoms with Crippen LogP contribution in [0.1, 0.15) is 28.9 Å². The molecule has 3 aromatic rings. The molecule has 1 aliphatic heterocycles. The summed E-state index contributed by atoms with van der Waals surface area (Å²) in [6, 6.07) is 8.61. The van der Waals surface area contributed by atoms with Crippen molar-refractivity contribution in [2.75, 3.05) is 44.6 Å². The van der Waals surface area contributed by atoms with Crippen LogP contribution in [-0.4, -0.2) is 100.0 Å². The monoisotopic (exact) mass is 648 g/mol. The van der Waals surface area contributed by atoms with Crippen LogP contribution < -0.4 is 16.4 Å². The maximum atomic E-state index is 14.2. The Hall–Kier alpha value is -4.37. The molecule has 1 aliphatic carbocycles. The van der Waals surface area contributed by atoms with Crippen LogP contribution in [0.15, 0.2) is 36.4 Å². The quantitative estimate of drug-likeness (QED) is 0.292. The zero-order valence-electron chi connectivity index (χ0n) is 24.1. The van der Waals surface area contributed by atoms with E-state index in [4.69, 9.17) is 17.3 Å². The number of fused-ring (bicyclic) bond motifs is 1. The van der Waals surface area contributed by atoms with Crippen LogP contribution in [0.25, 0.3) is 10.9 Å². The second kappa shape index (κ2) is 13.7. The Labute approximate surface area is 261 Å². The van der Waals surface area contributed by atoms with Crippen molar-refractivity contribution in [2.24, 2.45) is 5.73 Å². The Balaban J connectivity index is 1.24. The van der Waals surface area contributed by atoms with Crippen LogP contribution in [0.5, 0.6) is 0 Å². The number of aromatic nitrogens is 2. The molecule has 5 rings (SSSR count). The number of benzene rings is 2. The van der Waals surface area contributed by atoms with Gasteiger partial charge in [-0.2, -0.15) is 5.10 Å². The lowest BCUT2D eigenvalue weighted by Gasteiger charge is -2.34. The van der Waals surface area contributed by atoms with Gasteiger partial charge in [-0.3, -0.25) is 24.0 Å². The minimum Gasteiger partial charge on any atom is -0.364 e. The number of hydrogen-bond acceptors (Lipinski definition) is 6. The summed E-state index contributed by atoms with van der Waals surface area (Å²) in [6.07, 6.45) is -1.00. The van der Waals surface area contributed by atoms with Crippen LogP contribution in [0.2, 0.25) is 5.02 Å². The predicted octanol–water partition coefficient (Wildman–Crippen LogP) is 2.65. The second-order valence-corrected chi connectivity index (χ2v) is 11.4. The number of amides is 5. The molecule has 2 fully saturated rings. The number of alkyl halides is 2. The van der Waals surface area contributed by atoms with Gasteiger partial charge in [0.2, 0.25) is 11.8 Å². The maximum Gasteiger partial charge on any atom is 0.321 e. The van der Waals surface area contributed by atoms with Gasteiger partial charge in [0.25, 0.3) is 12.3 Å². The standard InChI is InChI=1S/C29H32ClF3N8O4/c30-21-3-1-2-17(26(21)33)13-35-24(42)15-40(19-5-6-19)25(43)16-41-22-7-4-18(12-20(22)27(37-41)28(34)44)36-29(45)39-10-8-38(9-11-39)14-23(31)32/h1-4,7,12,19,23H,5-6,8-11,13-16H2,(H2,34,44)(H,35,42)(H,36,45). The van der Waals surface area contributed by atoms with Gasteiger partial charge in [0.1, 0.15) is 12.4 Å². The number of anilines is 1. The Morgan fingerprint density at radius 3 is 2.49 bits per heavy atom. The summed E-state index contributed by atoms with van der Waals surface area (Å²) in [5.74, 6) is -2.35. The largest absolute Gasteiger partial charge is 0.364 e. The summed E-state index contributed by atoms with van der Waals surface area (Å²) in [5, 5.41) is 9.88. The van der Waals surface area contributed by atoms with Crippen molar-refractivity contribution in [3.8, 4) is 0 Å². The van der Waals surface area contributed by atoms with Crippen molar-refractivity contribution < 1.29 is 32.3 Å². The number of nitrogens with two attached hydrogens (primary N) is 1. The molecule has 2 heterocycles. The molecule has 1 saturated carbocycles. The summed E-state index contributed by atoms with van der Waals surface area (Å²) in [6.45, 7) is 0.224. The zero-order chi connectivity index (χ0) is 32.2. The van der Waals surface area contributed by atoms with Crippen molar-refractivity contribution in [1.29, 1.82) is 0 Å². The highest BCUT2D eigenvalue weighted by atomic mass is 35.5. The number of piperazine rings is 1. The lowest BCUT2D eigenvalue weighted by molar-refractivity contribution is -0.137. The van der Waals surface area contributed by atoms with Gasteiger partial charge in [0, 0.05) is 55.4 Å². The first kappa shape index (κ1) is 32.0. The first-order valence-electron chi connectivity index (χ1n) is 14.4. The number of nitrogens with zero attached hydrogens (tertiary/aromatic N) is 5. The smallest absolute Gasteiger partial charge is 0.321 e. The molecule has 240 valence electrons. The first-order chi connectivity index (χ1) is 21.5. The number of carbonyl (C=O) groups is 4. The molecule has 0 bridgehead atoms. The number of primary amides is 1. The molecule has 0 radical (unpaired) electrons. The number of carbonyl (C=O) groups excluding carboxylic acids is 4. The average molecular weight is 649 g/mol. The first-order valence-corrected chi connectivity index (χ1v) is 14.7. The fourth-order valence-electron chi connectivity index (χ4n) is 5.21. The van der Waals surface area contributed by atoms with E-state index >= 15 is 0 Å². The molecule has 4 N–H and O–H groups in total. The lowest BCUT2D eigenvalue weighted by Crippen LogP contribution is -2.50. The third-order valence-electron chi connectivity index (χ3n) is 7.71. The summed E-state index contributed by atoms with van der Waals surface area (Å²) >= 11 is 5.81. The van der Waals surface area contributed by atoms with E-state index in [0.29, 0.717) is 29.7 Å². The second-order valence-electron chi connectivity index (χ2n) is 11.0. The SMILES string of the molecule is NC(=O)c1nn(CC(=O)N(CC(=O)NCc2cccc(Cl)c2F)C2CC2)c2ccc(NC(=O)N3CCN(CC(F)F)CC3)cc12. The number of hydrogen-bond donors (Lipinski definition) is 3. The molecule has 2 aromatic carbocycles. The normalized spacial score (nSPS) is 15.4. The van der Waals surface area contributed by atoms with Gasteiger partial charge in [-0.1, -0.05) is 23.7 Å². The highest BCUT2D eigenvalue weighted by Crippen LogP contribution is 2.28. The number of halogens is 4. The minimum absolute atomic E-state index is 0.0594. The van der Waals surface area contributed by atoms with E-state index < -0.39 is 36.0 Å². The van der Waals surface area contributed by atoms with E-state index in [2.05, 4.69) is 15.7 Å². The van der Waals surface area contributed by atoms with Crippen molar-refractivity contribution in [2.45, 2.75) is 38.4 Å². The molecule has 16 heteroatoms. The van der Waals surface area contributed by atoms with E-state index in [1.807, 2.05) is 0 Å². The molecule has 2 aliphatic rings. The fourth-order valence-corrected chi connectivity index (χ4v) is 5.40. The van der Waals surface area contributed by atoms with Gasteiger partial charge in [-0.05, 0) is 37.1 Å². The van der Waals surface area contributed by atoms with Gasteiger partial charge < -0.3 is 26.2 Å². The molecule has 45 heavy (non-hydrogen) atoms. The fraction of sp³-hybridized carbons (Fsp3) is 0.414. The molecule has 0 atom stereocenters.